The zero-order valence-corrected chi connectivity index (χ0v) is 14.7. The minimum absolute atomic E-state index is 0.738. The molecule has 0 aliphatic heterocycles. The molecule has 1 nitrogen and oxygen atoms in total. The van der Waals surface area contributed by atoms with Gasteiger partial charge in [0.2, 0.25) is 0 Å². The van der Waals surface area contributed by atoms with E-state index in [1.807, 2.05) is 42.5 Å². The van der Waals surface area contributed by atoms with Gasteiger partial charge in [-0.2, -0.15) is 0 Å². The van der Waals surface area contributed by atoms with Crippen LogP contribution in [0.15, 0.2) is 95.4 Å². The van der Waals surface area contributed by atoms with E-state index in [1.165, 1.54) is 0 Å². The molecule has 124 valence electrons. The summed E-state index contributed by atoms with van der Waals surface area (Å²) in [5, 5.41) is 3.00. The van der Waals surface area contributed by atoms with E-state index in [4.69, 9.17) is 16.0 Å². The van der Waals surface area contributed by atoms with Gasteiger partial charge >= 0.3 is 0 Å². The molecule has 26 heavy (non-hydrogen) atoms. The van der Waals surface area contributed by atoms with E-state index < -0.39 is 0 Å². The number of rotatable bonds is 2. The van der Waals surface area contributed by atoms with E-state index in [0.29, 0.717) is 0 Å². The topological polar surface area (TPSA) is 13.1 Å². The van der Waals surface area contributed by atoms with Crippen molar-refractivity contribution in [1.82, 2.24) is 0 Å². The van der Waals surface area contributed by atoms with Crippen LogP contribution in [0, 0.1) is 0 Å². The van der Waals surface area contributed by atoms with Crippen molar-refractivity contribution < 1.29 is 4.42 Å². The highest BCUT2D eigenvalue weighted by atomic mass is 35.5. The largest absolute Gasteiger partial charge is 0.456 e. The second-order valence-corrected chi connectivity index (χ2v) is 6.78. The predicted octanol–water partition coefficient (Wildman–Crippen LogP) is 7.57. The third-order valence-electron chi connectivity index (χ3n) is 4.77. The second kappa shape index (κ2) is 6.05. The maximum absolute atomic E-state index is 6.61. The Labute approximate surface area is 156 Å². The Morgan fingerprint density at radius 2 is 1.27 bits per heavy atom. The number of furan rings is 1. The summed E-state index contributed by atoms with van der Waals surface area (Å²) in [4.78, 5) is 0. The summed E-state index contributed by atoms with van der Waals surface area (Å²) in [6.07, 6.45) is 0. The molecular formula is C24H15ClO. The molecule has 0 N–H and O–H groups in total. The van der Waals surface area contributed by atoms with Gasteiger partial charge < -0.3 is 4.42 Å². The van der Waals surface area contributed by atoms with Crippen molar-refractivity contribution in [2.45, 2.75) is 0 Å². The second-order valence-electron chi connectivity index (χ2n) is 6.37. The molecule has 0 spiro atoms. The van der Waals surface area contributed by atoms with Crippen molar-refractivity contribution in [2.75, 3.05) is 0 Å². The lowest BCUT2D eigenvalue weighted by Gasteiger charge is -2.08. The molecule has 4 aromatic carbocycles. The van der Waals surface area contributed by atoms with Crippen LogP contribution in [0.25, 0.3) is 44.2 Å². The van der Waals surface area contributed by atoms with Crippen molar-refractivity contribution in [2.24, 2.45) is 0 Å². The van der Waals surface area contributed by atoms with Crippen LogP contribution < -0.4 is 0 Å². The Bertz CT molecular complexity index is 1240. The fourth-order valence-electron chi connectivity index (χ4n) is 3.45. The molecule has 0 radical (unpaired) electrons. The maximum atomic E-state index is 6.61. The number of halogens is 1. The van der Waals surface area contributed by atoms with Crippen molar-refractivity contribution in [3.8, 4) is 22.3 Å². The van der Waals surface area contributed by atoms with Gasteiger partial charge in [-0.3, -0.25) is 0 Å². The first kappa shape index (κ1) is 15.2. The zero-order valence-electron chi connectivity index (χ0n) is 13.9. The van der Waals surface area contributed by atoms with Gasteiger partial charge in [0.15, 0.2) is 0 Å². The first-order valence-corrected chi connectivity index (χ1v) is 8.94. The van der Waals surface area contributed by atoms with E-state index >= 15 is 0 Å². The molecule has 1 heterocycles. The highest BCUT2D eigenvalue weighted by molar-refractivity contribution is 6.33. The summed E-state index contributed by atoms with van der Waals surface area (Å²) < 4.78 is 6.00. The van der Waals surface area contributed by atoms with E-state index in [2.05, 4.69) is 48.5 Å². The van der Waals surface area contributed by atoms with Gasteiger partial charge in [-0.05, 0) is 41.0 Å². The Hall–Kier alpha value is -3.03. The minimum Gasteiger partial charge on any atom is -0.456 e. The van der Waals surface area contributed by atoms with Crippen molar-refractivity contribution >= 4 is 33.5 Å². The van der Waals surface area contributed by atoms with Crippen LogP contribution in [-0.4, -0.2) is 0 Å². The highest BCUT2D eigenvalue weighted by Gasteiger charge is 2.10. The van der Waals surface area contributed by atoms with Gasteiger partial charge in [0.25, 0.3) is 0 Å². The van der Waals surface area contributed by atoms with Gasteiger partial charge in [0.05, 0.1) is 0 Å². The molecule has 0 bridgehead atoms. The van der Waals surface area contributed by atoms with Gasteiger partial charge in [-0.1, -0.05) is 78.3 Å². The van der Waals surface area contributed by atoms with Gasteiger partial charge in [0.1, 0.15) is 11.2 Å². The molecular weight excluding hydrogens is 340 g/mol. The van der Waals surface area contributed by atoms with E-state index in [1.54, 1.807) is 0 Å². The Morgan fingerprint density at radius 1 is 0.538 bits per heavy atom. The molecule has 2 heteroatoms. The van der Waals surface area contributed by atoms with Gasteiger partial charge in [-0.25, -0.2) is 0 Å². The Morgan fingerprint density at radius 3 is 2.12 bits per heavy atom. The van der Waals surface area contributed by atoms with Crippen LogP contribution in [0.2, 0.25) is 5.02 Å². The van der Waals surface area contributed by atoms with Gasteiger partial charge in [-0.15, -0.1) is 0 Å². The summed E-state index contributed by atoms with van der Waals surface area (Å²) in [5.41, 5.74) is 6.13. The summed E-state index contributed by atoms with van der Waals surface area (Å²) in [6.45, 7) is 0. The summed E-state index contributed by atoms with van der Waals surface area (Å²) in [7, 11) is 0. The SMILES string of the molecule is Clc1cc(-c2ccccc2)ccc1-c1ccc2c(c1)oc1ccccc12. The van der Waals surface area contributed by atoms with Crippen molar-refractivity contribution in [3.63, 3.8) is 0 Å². The van der Waals surface area contributed by atoms with Crippen LogP contribution in [0.5, 0.6) is 0 Å². The van der Waals surface area contributed by atoms with Crippen LogP contribution in [0.3, 0.4) is 0 Å². The molecule has 0 unspecified atom stereocenters. The van der Waals surface area contributed by atoms with Crippen LogP contribution in [-0.2, 0) is 0 Å². The minimum atomic E-state index is 0.738. The van der Waals surface area contributed by atoms with Crippen LogP contribution in [0.4, 0.5) is 0 Å². The molecule has 0 aliphatic rings. The quantitative estimate of drug-likeness (QED) is 0.318. The molecule has 0 aliphatic carbocycles. The molecule has 5 aromatic rings. The number of hydrogen-bond acceptors (Lipinski definition) is 1. The summed E-state index contributed by atoms with van der Waals surface area (Å²) in [5.74, 6) is 0. The summed E-state index contributed by atoms with van der Waals surface area (Å²) >= 11 is 6.61. The molecule has 0 amide bonds. The molecule has 1 aromatic heterocycles. The lowest BCUT2D eigenvalue weighted by atomic mass is 9.99. The number of hydrogen-bond donors (Lipinski definition) is 0. The third-order valence-corrected chi connectivity index (χ3v) is 5.08. The van der Waals surface area contributed by atoms with E-state index in [-0.39, 0.29) is 0 Å². The zero-order chi connectivity index (χ0) is 17.5. The molecule has 0 saturated heterocycles. The fraction of sp³-hybridized carbons (Fsp3) is 0. The number of benzene rings is 4. The average molecular weight is 355 g/mol. The Kier molecular flexibility index (Phi) is 3.55. The first-order chi connectivity index (χ1) is 12.8. The molecule has 0 atom stereocenters. The number of para-hydroxylation sites is 1. The summed E-state index contributed by atoms with van der Waals surface area (Å²) in [6, 6.07) is 30.9. The Balaban J connectivity index is 1.62. The van der Waals surface area contributed by atoms with E-state index in [9.17, 15) is 0 Å². The standard InChI is InChI=1S/C24H15ClO/c25-22-14-17(16-6-2-1-3-7-16)10-12-19(22)18-11-13-21-20-8-4-5-9-23(20)26-24(21)15-18/h1-15H. The monoisotopic (exact) mass is 354 g/mol. The van der Waals surface area contributed by atoms with Crippen molar-refractivity contribution in [1.29, 1.82) is 0 Å². The molecule has 0 fully saturated rings. The smallest absolute Gasteiger partial charge is 0.136 e. The molecule has 0 saturated carbocycles. The third kappa shape index (κ3) is 2.49. The number of fused-ring (bicyclic) bond motifs is 3. The van der Waals surface area contributed by atoms with Crippen LogP contribution in [0.1, 0.15) is 0 Å². The normalized spacial score (nSPS) is 11.3. The first-order valence-electron chi connectivity index (χ1n) is 8.56. The highest BCUT2D eigenvalue weighted by Crippen LogP contribution is 2.36. The van der Waals surface area contributed by atoms with Gasteiger partial charge in [0, 0.05) is 21.4 Å². The molecule has 5 rings (SSSR count). The van der Waals surface area contributed by atoms with Crippen molar-refractivity contribution in [3.05, 3.63) is 96.0 Å². The fourth-order valence-corrected chi connectivity index (χ4v) is 3.74. The average Bonchev–Trinajstić information content (AvgIpc) is 3.06. The lowest BCUT2D eigenvalue weighted by molar-refractivity contribution is 0.669. The maximum Gasteiger partial charge on any atom is 0.136 e. The van der Waals surface area contributed by atoms with E-state index in [0.717, 1.165) is 49.2 Å². The van der Waals surface area contributed by atoms with Crippen LogP contribution >= 0.6 is 11.6 Å². The lowest BCUT2D eigenvalue weighted by Crippen LogP contribution is -1.83. The predicted molar refractivity (Wildman–Crippen MR) is 110 cm³/mol.